The summed E-state index contributed by atoms with van der Waals surface area (Å²) in [5.41, 5.74) is 2.15. The first-order valence-electron chi connectivity index (χ1n) is 10.7. The van der Waals surface area contributed by atoms with Gasteiger partial charge in [-0.25, -0.2) is 14.4 Å². The van der Waals surface area contributed by atoms with Crippen LogP contribution in [-0.4, -0.2) is 54.9 Å². The van der Waals surface area contributed by atoms with Crippen LogP contribution in [0.15, 0.2) is 59.9 Å². The molecule has 1 aromatic heterocycles. The minimum absolute atomic E-state index is 0.143. The van der Waals surface area contributed by atoms with Gasteiger partial charge < -0.3 is 19.9 Å². The first-order chi connectivity index (χ1) is 16.0. The van der Waals surface area contributed by atoms with Gasteiger partial charge in [-0.1, -0.05) is 17.8 Å². The van der Waals surface area contributed by atoms with E-state index in [1.54, 1.807) is 32.4 Å². The molecule has 0 saturated carbocycles. The Balaban J connectivity index is 1.29. The van der Waals surface area contributed by atoms with E-state index in [1.165, 1.54) is 23.5 Å². The zero-order chi connectivity index (χ0) is 23.2. The molecule has 0 atom stereocenters. The fourth-order valence-electron chi connectivity index (χ4n) is 3.56. The molecule has 2 heterocycles. The van der Waals surface area contributed by atoms with Crippen LogP contribution in [0.1, 0.15) is 5.56 Å². The molecule has 0 spiro atoms. The van der Waals surface area contributed by atoms with Crippen LogP contribution >= 0.6 is 11.8 Å². The summed E-state index contributed by atoms with van der Waals surface area (Å²) in [6.45, 7) is 5.13. The Hall–Kier alpha value is -3.33. The molecule has 33 heavy (non-hydrogen) atoms. The van der Waals surface area contributed by atoms with E-state index in [2.05, 4.69) is 37.2 Å². The van der Waals surface area contributed by atoms with E-state index in [4.69, 9.17) is 4.74 Å². The summed E-state index contributed by atoms with van der Waals surface area (Å²) < 4.78 is 18.9. The lowest BCUT2D eigenvalue weighted by Crippen LogP contribution is -2.46. The predicted molar refractivity (Wildman–Crippen MR) is 130 cm³/mol. The van der Waals surface area contributed by atoms with E-state index >= 15 is 0 Å². The minimum atomic E-state index is -0.344. The minimum Gasteiger partial charge on any atom is -0.497 e. The van der Waals surface area contributed by atoms with Crippen molar-refractivity contribution < 1.29 is 13.9 Å². The molecular weight excluding hydrogens is 441 g/mol. The van der Waals surface area contributed by atoms with Crippen molar-refractivity contribution in [2.24, 2.45) is 0 Å². The van der Waals surface area contributed by atoms with E-state index < -0.39 is 0 Å². The third-order valence-corrected chi connectivity index (χ3v) is 6.31. The number of aryl methyl sites for hydroxylation is 1. The number of hydrogen-bond acceptors (Lipinski definition) is 7. The summed E-state index contributed by atoms with van der Waals surface area (Å²) >= 11 is 1.26. The van der Waals surface area contributed by atoms with Crippen LogP contribution in [0.2, 0.25) is 0 Å². The highest BCUT2D eigenvalue weighted by atomic mass is 32.2. The molecule has 0 bridgehead atoms. The maximum absolute atomic E-state index is 13.7. The smallest absolute Gasteiger partial charge is 0.234 e. The molecule has 7 nitrogen and oxygen atoms in total. The molecule has 2 aromatic carbocycles. The third-order valence-electron chi connectivity index (χ3n) is 5.45. The molecular formula is C24H26FN5O2S. The summed E-state index contributed by atoms with van der Waals surface area (Å²) in [4.78, 5) is 25.7. The monoisotopic (exact) mass is 467 g/mol. The molecule has 172 valence electrons. The van der Waals surface area contributed by atoms with Crippen molar-refractivity contribution in [1.82, 2.24) is 9.97 Å². The number of hydrogen-bond donors (Lipinski definition) is 1. The van der Waals surface area contributed by atoms with E-state index in [1.807, 2.05) is 18.2 Å². The quantitative estimate of drug-likeness (QED) is 0.416. The largest absolute Gasteiger partial charge is 0.497 e. The topological polar surface area (TPSA) is 70.6 Å². The summed E-state index contributed by atoms with van der Waals surface area (Å²) in [7, 11) is 1.67. The molecule has 0 aliphatic carbocycles. The number of anilines is 3. The van der Waals surface area contributed by atoms with Gasteiger partial charge in [0.15, 0.2) is 5.16 Å². The first kappa shape index (κ1) is 22.8. The van der Waals surface area contributed by atoms with Crippen molar-refractivity contribution >= 4 is 34.9 Å². The second-order valence-electron chi connectivity index (χ2n) is 7.67. The highest BCUT2D eigenvalue weighted by molar-refractivity contribution is 7.99. The Morgan fingerprint density at radius 3 is 2.52 bits per heavy atom. The molecule has 1 aliphatic heterocycles. The normalized spacial score (nSPS) is 13.7. The average molecular weight is 468 g/mol. The number of nitrogens with zero attached hydrogens (tertiary/aromatic N) is 4. The molecule has 0 radical (unpaired) electrons. The van der Waals surface area contributed by atoms with Gasteiger partial charge in [0.25, 0.3) is 0 Å². The van der Waals surface area contributed by atoms with Crippen LogP contribution in [0, 0.1) is 12.7 Å². The first-order valence-corrected chi connectivity index (χ1v) is 11.7. The second-order valence-corrected chi connectivity index (χ2v) is 8.61. The maximum Gasteiger partial charge on any atom is 0.234 e. The van der Waals surface area contributed by atoms with Gasteiger partial charge in [-0.3, -0.25) is 4.79 Å². The lowest BCUT2D eigenvalue weighted by atomic mass is 10.2. The summed E-state index contributed by atoms with van der Waals surface area (Å²) in [5.74, 6) is 1.27. The van der Waals surface area contributed by atoms with Crippen molar-refractivity contribution in [3.63, 3.8) is 0 Å². The van der Waals surface area contributed by atoms with Crippen molar-refractivity contribution in [3.8, 4) is 5.75 Å². The number of carbonyl (C=O) groups is 1. The van der Waals surface area contributed by atoms with Crippen LogP contribution in [0.4, 0.5) is 21.6 Å². The average Bonchev–Trinajstić information content (AvgIpc) is 2.85. The molecule has 1 amide bonds. The van der Waals surface area contributed by atoms with Gasteiger partial charge in [-0.05, 0) is 55.0 Å². The Bertz CT molecular complexity index is 1100. The van der Waals surface area contributed by atoms with Gasteiger partial charge in [0.05, 0.1) is 12.9 Å². The standard InChI is InChI=1S/C24H26FN5O2S/c1-17-3-4-18(15-21(17)25)27-23(31)16-33-24-26-10-9-22(28-24)30-13-11-29(12-14-30)19-5-7-20(32-2)8-6-19/h3-10,15H,11-14,16H2,1-2H3,(H,27,31). The number of carbonyl (C=O) groups excluding carboxylic acids is 1. The number of halogens is 1. The number of piperazine rings is 1. The molecule has 0 unspecified atom stereocenters. The molecule has 1 saturated heterocycles. The third kappa shape index (κ3) is 5.92. The fourth-order valence-corrected chi connectivity index (χ4v) is 4.19. The Labute approximate surface area is 197 Å². The van der Waals surface area contributed by atoms with Gasteiger partial charge in [-0.15, -0.1) is 0 Å². The van der Waals surface area contributed by atoms with E-state index in [0.29, 0.717) is 16.4 Å². The van der Waals surface area contributed by atoms with Crippen molar-refractivity contribution in [2.75, 3.05) is 54.2 Å². The zero-order valence-electron chi connectivity index (χ0n) is 18.6. The molecule has 4 rings (SSSR count). The van der Waals surface area contributed by atoms with Gasteiger partial charge in [0.1, 0.15) is 17.4 Å². The van der Waals surface area contributed by atoms with E-state index in [0.717, 1.165) is 37.7 Å². The van der Waals surface area contributed by atoms with Crippen LogP contribution in [0.3, 0.4) is 0 Å². The van der Waals surface area contributed by atoms with Crippen LogP contribution < -0.4 is 19.9 Å². The summed E-state index contributed by atoms with van der Waals surface area (Å²) in [6, 6.07) is 14.6. The van der Waals surface area contributed by atoms with Gasteiger partial charge >= 0.3 is 0 Å². The van der Waals surface area contributed by atoms with Crippen LogP contribution in [0.25, 0.3) is 0 Å². The number of rotatable bonds is 7. The number of amides is 1. The van der Waals surface area contributed by atoms with E-state index in [-0.39, 0.29) is 17.5 Å². The predicted octanol–water partition coefficient (Wildman–Crippen LogP) is 3.99. The molecule has 1 N–H and O–H groups in total. The van der Waals surface area contributed by atoms with Gasteiger partial charge in [0, 0.05) is 43.8 Å². The van der Waals surface area contributed by atoms with Crippen molar-refractivity contribution in [3.05, 3.63) is 66.1 Å². The highest BCUT2D eigenvalue weighted by Gasteiger charge is 2.19. The Morgan fingerprint density at radius 2 is 1.82 bits per heavy atom. The molecule has 3 aromatic rings. The Morgan fingerprint density at radius 1 is 1.09 bits per heavy atom. The lowest BCUT2D eigenvalue weighted by molar-refractivity contribution is -0.113. The lowest BCUT2D eigenvalue weighted by Gasteiger charge is -2.36. The number of methoxy groups -OCH3 is 1. The number of ether oxygens (including phenoxy) is 1. The maximum atomic E-state index is 13.7. The van der Waals surface area contributed by atoms with Crippen molar-refractivity contribution in [2.45, 2.75) is 12.1 Å². The van der Waals surface area contributed by atoms with Crippen LogP contribution in [-0.2, 0) is 4.79 Å². The van der Waals surface area contributed by atoms with Crippen LogP contribution in [0.5, 0.6) is 5.75 Å². The SMILES string of the molecule is COc1ccc(N2CCN(c3ccnc(SCC(=O)Nc4ccc(C)c(F)c4)n3)CC2)cc1. The summed E-state index contributed by atoms with van der Waals surface area (Å²) in [5, 5.41) is 3.24. The molecule has 9 heteroatoms. The number of benzene rings is 2. The molecule has 1 fully saturated rings. The second kappa shape index (κ2) is 10.5. The van der Waals surface area contributed by atoms with Gasteiger partial charge in [0.2, 0.25) is 5.91 Å². The molecule has 1 aliphatic rings. The number of aromatic nitrogens is 2. The Kier molecular flexibility index (Phi) is 7.29. The number of nitrogens with one attached hydrogen (secondary N) is 1. The van der Waals surface area contributed by atoms with Crippen molar-refractivity contribution in [1.29, 1.82) is 0 Å². The fraction of sp³-hybridized carbons (Fsp3) is 0.292. The zero-order valence-corrected chi connectivity index (χ0v) is 19.4. The van der Waals surface area contributed by atoms with E-state index in [9.17, 15) is 9.18 Å². The summed E-state index contributed by atoms with van der Waals surface area (Å²) in [6.07, 6.45) is 1.72. The van der Waals surface area contributed by atoms with Gasteiger partial charge in [-0.2, -0.15) is 0 Å². The highest BCUT2D eigenvalue weighted by Crippen LogP contribution is 2.23. The number of thioether (sulfide) groups is 1.